The van der Waals surface area contributed by atoms with Crippen molar-refractivity contribution < 1.29 is 0 Å². The molecule has 11 rings (SSSR count). The van der Waals surface area contributed by atoms with Crippen LogP contribution in [-0.4, -0.2) is 19.9 Å². The molecule has 2 heterocycles. The first-order valence-electron chi connectivity index (χ1n) is 19.5. The van der Waals surface area contributed by atoms with Gasteiger partial charge >= 0.3 is 0 Å². The van der Waals surface area contributed by atoms with E-state index in [1.165, 1.54) is 43.3 Å². The van der Waals surface area contributed by atoms with Crippen LogP contribution < -0.4 is 0 Å². The molecule has 0 atom stereocenters. The number of aromatic nitrogens is 4. The third-order valence-corrected chi connectivity index (χ3v) is 11.2. The van der Waals surface area contributed by atoms with E-state index in [2.05, 4.69) is 138 Å². The maximum absolute atomic E-state index is 5.17. The number of fused-ring (bicyclic) bond motifs is 7. The van der Waals surface area contributed by atoms with E-state index in [1.807, 2.05) is 73.1 Å². The van der Waals surface area contributed by atoms with Gasteiger partial charge in [-0.25, -0.2) is 15.0 Å². The highest BCUT2D eigenvalue weighted by Gasteiger charge is 2.17. The quantitative estimate of drug-likeness (QED) is 0.159. The van der Waals surface area contributed by atoms with Crippen LogP contribution in [0.15, 0.2) is 207 Å². The van der Waals surface area contributed by atoms with Gasteiger partial charge in [-0.05, 0) is 107 Å². The van der Waals surface area contributed by atoms with E-state index in [0.717, 1.165) is 49.9 Å². The second kappa shape index (κ2) is 14.0. The maximum atomic E-state index is 5.17. The van der Waals surface area contributed by atoms with Crippen LogP contribution in [0.3, 0.4) is 0 Å². The van der Waals surface area contributed by atoms with Crippen molar-refractivity contribution in [3.05, 3.63) is 207 Å². The normalized spacial score (nSPS) is 11.4. The molecule has 4 heteroatoms. The molecule has 0 unspecified atom stereocenters. The van der Waals surface area contributed by atoms with E-state index in [1.54, 1.807) is 0 Å². The lowest BCUT2D eigenvalue weighted by atomic mass is 9.90. The van der Waals surface area contributed by atoms with Crippen molar-refractivity contribution >= 4 is 43.1 Å². The molecule has 0 saturated heterocycles. The van der Waals surface area contributed by atoms with E-state index >= 15 is 0 Å². The summed E-state index contributed by atoms with van der Waals surface area (Å²) in [4.78, 5) is 19.7. The Labute approximate surface area is 335 Å². The largest absolute Gasteiger partial charge is 0.264 e. The van der Waals surface area contributed by atoms with Crippen molar-refractivity contribution in [1.29, 1.82) is 0 Å². The fourth-order valence-electron chi connectivity index (χ4n) is 8.36. The van der Waals surface area contributed by atoms with Crippen molar-refractivity contribution in [3.63, 3.8) is 0 Å². The number of benzene rings is 9. The van der Waals surface area contributed by atoms with Gasteiger partial charge in [0.25, 0.3) is 0 Å². The van der Waals surface area contributed by atoms with Crippen molar-refractivity contribution in [2.75, 3.05) is 0 Å². The van der Waals surface area contributed by atoms with Crippen LogP contribution in [0.5, 0.6) is 0 Å². The molecule has 11 aromatic rings. The Morgan fingerprint density at radius 1 is 0.259 bits per heavy atom. The van der Waals surface area contributed by atoms with Gasteiger partial charge in [-0.15, -0.1) is 0 Å². The molecule has 0 aliphatic carbocycles. The minimum atomic E-state index is 0.616. The number of nitrogens with zero attached hydrogens (tertiary/aromatic N) is 4. The van der Waals surface area contributed by atoms with Crippen LogP contribution in [-0.2, 0) is 0 Å². The molecule has 270 valence electrons. The highest BCUT2D eigenvalue weighted by Crippen LogP contribution is 2.40. The number of hydrogen-bond donors (Lipinski definition) is 0. The zero-order valence-corrected chi connectivity index (χ0v) is 31.4. The molecule has 2 aromatic heterocycles. The average Bonchev–Trinajstić information content (AvgIpc) is 3.31. The molecule has 0 N–H and O–H groups in total. The van der Waals surface area contributed by atoms with Gasteiger partial charge in [-0.2, -0.15) is 0 Å². The van der Waals surface area contributed by atoms with E-state index in [4.69, 9.17) is 15.0 Å². The fraction of sp³-hybridized carbons (Fsp3) is 0. The van der Waals surface area contributed by atoms with Crippen molar-refractivity contribution in [2.45, 2.75) is 0 Å². The standard InChI is InChI=1S/C54H34N4/c1-3-13-35(14-4-1)52-56-53(36-15-5-2-6-16-36)58-54(57-52)43-31-41(37-17-11-18-39(29-37)44-24-12-19-40-34-55-28-27-45(40)44)30-42(32-43)38-25-26-50-48-22-8-7-20-46(48)47-21-9-10-23-49(47)51(50)33-38/h1-34H. The van der Waals surface area contributed by atoms with Crippen LogP contribution in [0.25, 0.3) is 111 Å². The number of hydrogen-bond acceptors (Lipinski definition) is 4. The van der Waals surface area contributed by atoms with Gasteiger partial charge in [-0.3, -0.25) is 4.98 Å². The number of pyridine rings is 1. The van der Waals surface area contributed by atoms with E-state index in [-0.39, 0.29) is 0 Å². The summed E-state index contributed by atoms with van der Waals surface area (Å²) in [5.41, 5.74) is 9.47. The molecule has 0 aliphatic rings. The Balaban J connectivity index is 1.15. The highest BCUT2D eigenvalue weighted by atomic mass is 15.0. The minimum absolute atomic E-state index is 0.616. The molecule has 0 radical (unpaired) electrons. The Morgan fingerprint density at radius 3 is 1.36 bits per heavy atom. The molecule has 0 fully saturated rings. The van der Waals surface area contributed by atoms with E-state index in [0.29, 0.717) is 17.5 Å². The average molecular weight is 739 g/mol. The van der Waals surface area contributed by atoms with Crippen LogP contribution in [0.2, 0.25) is 0 Å². The fourth-order valence-corrected chi connectivity index (χ4v) is 8.36. The SMILES string of the molecule is c1ccc(-c2nc(-c3ccccc3)nc(-c3cc(-c4cccc(-c5cccc6cnccc56)c4)cc(-c4ccc5c6ccccc6c6ccccc6c5c4)c3)n2)cc1. The summed E-state index contributed by atoms with van der Waals surface area (Å²) in [5, 5.41) is 9.77. The van der Waals surface area contributed by atoms with Gasteiger partial charge in [0, 0.05) is 34.5 Å². The van der Waals surface area contributed by atoms with Gasteiger partial charge in [-0.1, -0.05) is 158 Å². The highest BCUT2D eigenvalue weighted by molar-refractivity contribution is 6.25. The zero-order chi connectivity index (χ0) is 38.4. The zero-order valence-electron chi connectivity index (χ0n) is 31.4. The monoisotopic (exact) mass is 738 g/mol. The summed E-state index contributed by atoms with van der Waals surface area (Å²) in [5.74, 6) is 1.88. The molecule has 0 aliphatic heterocycles. The molecule has 4 nitrogen and oxygen atoms in total. The first-order chi connectivity index (χ1) is 28.7. The predicted octanol–water partition coefficient (Wildman–Crippen LogP) is 13.9. The lowest BCUT2D eigenvalue weighted by Gasteiger charge is -2.15. The van der Waals surface area contributed by atoms with E-state index in [9.17, 15) is 0 Å². The molecule has 0 saturated carbocycles. The van der Waals surface area contributed by atoms with Crippen LogP contribution in [0, 0.1) is 0 Å². The lowest BCUT2D eigenvalue weighted by molar-refractivity contribution is 1.07. The Kier molecular flexibility index (Phi) is 8.11. The Morgan fingerprint density at radius 2 is 0.724 bits per heavy atom. The van der Waals surface area contributed by atoms with Crippen LogP contribution in [0.4, 0.5) is 0 Å². The Bertz CT molecular complexity index is 3240. The molecule has 58 heavy (non-hydrogen) atoms. The van der Waals surface area contributed by atoms with Crippen molar-refractivity contribution in [3.8, 4) is 67.5 Å². The van der Waals surface area contributed by atoms with E-state index < -0.39 is 0 Å². The predicted molar refractivity (Wildman–Crippen MR) is 240 cm³/mol. The third-order valence-electron chi connectivity index (χ3n) is 11.2. The van der Waals surface area contributed by atoms with Crippen molar-refractivity contribution in [2.24, 2.45) is 0 Å². The first-order valence-corrected chi connectivity index (χ1v) is 19.5. The topological polar surface area (TPSA) is 51.6 Å². The lowest BCUT2D eigenvalue weighted by Crippen LogP contribution is -2.00. The molecule has 9 aromatic carbocycles. The van der Waals surface area contributed by atoms with Crippen LogP contribution >= 0.6 is 0 Å². The molecule has 0 amide bonds. The molecular weight excluding hydrogens is 705 g/mol. The van der Waals surface area contributed by atoms with Gasteiger partial charge in [0.1, 0.15) is 0 Å². The van der Waals surface area contributed by atoms with Gasteiger partial charge < -0.3 is 0 Å². The molecule has 0 bridgehead atoms. The summed E-state index contributed by atoms with van der Waals surface area (Å²) in [6, 6.07) is 68.7. The minimum Gasteiger partial charge on any atom is -0.264 e. The molecular formula is C54H34N4. The smallest absolute Gasteiger partial charge is 0.164 e. The van der Waals surface area contributed by atoms with Gasteiger partial charge in [0.05, 0.1) is 0 Å². The third kappa shape index (κ3) is 5.96. The maximum Gasteiger partial charge on any atom is 0.164 e. The Hall–Kier alpha value is -7.82. The summed E-state index contributed by atoms with van der Waals surface area (Å²) < 4.78 is 0. The second-order valence-corrected chi connectivity index (χ2v) is 14.7. The second-order valence-electron chi connectivity index (χ2n) is 14.7. The number of rotatable bonds is 6. The molecule has 0 spiro atoms. The summed E-state index contributed by atoms with van der Waals surface area (Å²) in [6.07, 6.45) is 3.79. The first kappa shape index (κ1) is 33.5. The van der Waals surface area contributed by atoms with Gasteiger partial charge in [0.15, 0.2) is 17.5 Å². The summed E-state index contributed by atoms with van der Waals surface area (Å²) in [6.45, 7) is 0. The van der Waals surface area contributed by atoms with Crippen LogP contribution in [0.1, 0.15) is 0 Å². The van der Waals surface area contributed by atoms with Gasteiger partial charge in [0.2, 0.25) is 0 Å². The summed E-state index contributed by atoms with van der Waals surface area (Å²) in [7, 11) is 0. The summed E-state index contributed by atoms with van der Waals surface area (Å²) >= 11 is 0. The van der Waals surface area contributed by atoms with Crippen molar-refractivity contribution in [1.82, 2.24) is 19.9 Å².